The zero-order chi connectivity index (χ0) is 23.5. The summed E-state index contributed by atoms with van der Waals surface area (Å²) in [6, 6.07) is 2.64. The summed E-state index contributed by atoms with van der Waals surface area (Å²) in [6.07, 6.45) is -3.78. The molecule has 0 unspecified atom stereocenters. The monoisotopic (exact) mass is 454 g/mol. The number of aryl methyl sites for hydroxylation is 1. The number of nitrogens with zero attached hydrogens (tertiary/aromatic N) is 5. The maximum Gasteiger partial charge on any atom is 0.433 e. The van der Waals surface area contributed by atoms with Gasteiger partial charge in [0.05, 0.1) is 6.61 Å². The first-order valence-electron chi connectivity index (χ1n) is 10.6. The van der Waals surface area contributed by atoms with Gasteiger partial charge in [-0.3, -0.25) is 14.7 Å². The molecule has 1 N–H and O–H groups in total. The number of rotatable bonds is 6. The predicted octanol–water partition coefficient (Wildman–Crippen LogP) is 2.78. The highest BCUT2D eigenvalue weighted by atomic mass is 19.4. The van der Waals surface area contributed by atoms with Crippen molar-refractivity contribution in [3.05, 3.63) is 39.7 Å². The number of hydrogen-bond donors (Lipinski definition) is 1. The Morgan fingerprint density at radius 3 is 2.34 bits per heavy atom. The molecule has 0 radical (unpaired) electrons. The van der Waals surface area contributed by atoms with Gasteiger partial charge < -0.3 is 9.64 Å². The molecule has 0 spiro atoms. The van der Waals surface area contributed by atoms with E-state index in [9.17, 15) is 18.0 Å². The lowest BCUT2D eigenvalue weighted by atomic mass is 9.95. The molecule has 0 saturated carbocycles. The number of aromatic nitrogens is 4. The van der Waals surface area contributed by atoms with Crippen LogP contribution in [0.3, 0.4) is 0 Å². The normalized spacial score (nSPS) is 15.8. The van der Waals surface area contributed by atoms with Crippen molar-refractivity contribution in [1.29, 1.82) is 0 Å². The second-order valence-corrected chi connectivity index (χ2v) is 8.91. The first kappa shape index (κ1) is 24.0. The molecule has 32 heavy (non-hydrogen) atoms. The molecule has 11 heteroatoms. The molecule has 0 amide bonds. The van der Waals surface area contributed by atoms with Crippen LogP contribution in [0.2, 0.25) is 0 Å². The number of halogens is 3. The van der Waals surface area contributed by atoms with Gasteiger partial charge in [-0.1, -0.05) is 20.8 Å². The summed E-state index contributed by atoms with van der Waals surface area (Å²) < 4.78 is 45.6. The van der Waals surface area contributed by atoms with Crippen LogP contribution in [0.1, 0.15) is 44.4 Å². The zero-order valence-corrected chi connectivity index (χ0v) is 18.8. The third-order valence-corrected chi connectivity index (χ3v) is 5.08. The van der Waals surface area contributed by atoms with Gasteiger partial charge in [0.15, 0.2) is 0 Å². The van der Waals surface area contributed by atoms with Crippen LogP contribution in [0.5, 0.6) is 6.01 Å². The summed E-state index contributed by atoms with van der Waals surface area (Å²) in [5.41, 5.74) is -1.16. The Morgan fingerprint density at radius 2 is 1.75 bits per heavy atom. The molecule has 3 rings (SSSR count). The highest BCUT2D eigenvalue weighted by Crippen LogP contribution is 2.32. The number of hydrogen-bond acceptors (Lipinski definition) is 7. The summed E-state index contributed by atoms with van der Waals surface area (Å²) in [7, 11) is 0. The smallest absolute Gasteiger partial charge is 0.433 e. The van der Waals surface area contributed by atoms with Crippen LogP contribution in [-0.4, -0.2) is 64.2 Å². The van der Waals surface area contributed by atoms with Gasteiger partial charge in [0.2, 0.25) is 0 Å². The summed E-state index contributed by atoms with van der Waals surface area (Å²) in [4.78, 5) is 30.4. The molecule has 2 aromatic heterocycles. The molecule has 0 aliphatic carbocycles. The number of nitrogens with one attached hydrogen (secondary N) is 1. The third-order valence-electron chi connectivity index (χ3n) is 5.08. The molecular weight excluding hydrogens is 425 g/mol. The molecule has 0 atom stereocenters. The van der Waals surface area contributed by atoms with E-state index in [4.69, 9.17) is 4.74 Å². The van der Waals surface area contributed by atoms with E-state index in [2.05, 4.69) is 24.8 Å². The predicted molar refractivity (Wildman–Crippen MR) is 114 cm³/mol. The minimum Gasteiger partial charge on any atom is -0.465 e. The lowest BCUT2D eigenvalue weighted by Gasteiger charge is -2.36. The summed E-state index contributed by atoms with van der Waals surface area (Å²) in [5, 5.41) is 0. The lowest BCUT2D eigenvalue weighted by molar-refractivity contribution is -0.141. The fourth-order valence-corrected chi connectivity index (χ4v) is 3.35. The van der Waals surface area contributed by atoms with Crippen molar-refractivity contribution in [1.82, 2.24) is 24.8 Å². The highest BCUT2D eigenvalue weighted by Gasteiger charge is 2.35. The standard InChI is InChI=1S/C21H29F3N6O2/c1-14-12-17(31)28-19(25-14)32-11-5-6-29-7-9-30(10-8-29)16-13-15(21(22,23)24)26-18(27-16)20(2,3)4/h12-13H,5-11H2,1-4H3,(H,25,28,31). The first-order chi connectivity index (χ1) is 14.9. The van der Waals surface area contributed by atoms with Crippen LogP contribution in [0, 0.1) is 6.92 Å². The van der Waals surface area contributed by atoms with E-state index in [1.54, 1.807) is 27.7 Å². The van der Waals surface area contributed by atoms with E-state index >= 15 is 0 Å². The van der Waals surface area contributed by atoms with E-state index in [0.29, 0.717) is 44.3 Å². The lowest BCUT2D eigenvalue weighted by Crippen LogP contribution is -2.47. The van der Waals surface area contributed by atoms with E-state index in [0.717, 1.165) is 19.0 Å². The molecule has 2 aromatic rings. The van der Waals surface area contributed by atoms with Gasteiger partial charge in [0.25, 0.3) is 11.6 Å². The van der Waals surface area contributed by atoms with Crippen LogP contribution in [0.25, 0.3) is 0 Å². The molecule has 1 aliphatic rings. The van der Waals surface area contributed by atoms with Gasteiger partial charge in [-0.05, 0) is 13.3 Å². The largest absolute Gasteiger partial charge is 0.465 e. The number of H-pyrrole nitrogens is 1. The molecule has 8 nitrogen and oxygen atoms in total. The number of aromatic amines is 1. The van der Waals surface area contributed by atoms with Gasteiger partial charge >= 0.3 is 6.18 Å². The molecule has 0 aromatic carbocycles. The van der Waals surface area contributed by atoms with Gasteiger partial charge in [-0.15, -0.1) is 0 Å². The number of anilines is 1. The van der Waals surface area contributed by atoms with Crippen LogP contribution in [0.4, 0.5) is 19.0 Å². The van der Waals surface area contributed by atoms with E-state index in [1.807, 2.05) is 4.90 Å². The van der Waals surface area contributed by atoms with E-state index in [-0.39, 0.29) is 17.4 Å². The van der Waals surface area contributed by atoms with E-state index < -0.39 is 17.3 Å². The molecule has 3 heterocycles. The van der Waals surface area contributed by atoms with Crippen molar-refractivity contribution in [3.63, 3.8) is 0 Å². The Balaban J connectivity index is 1.54. The van der Waals surface area contributed by atoms with Gasteiger partial charge in [-0.2, -0.15) is 13.2 Å². The Bertz CT molecular complexity index is 946. The van der Waals surface area contributed by atoms with Crippen molar-refractivity contribution in [3.8, 4) is 6.01 Å². The second kappa shape index (κ2) is 9.43. The summed E-state index contributed by atoms with van der Waals surface area (Å²) >= 11 is 0. The first-order valence-corrected chi connectivity index (χ1v) is 10.6. The van der Waals surface area contributed by atoms with Gasteiger partial charge in [-0.25, -0.2) is 15.0 Å². The van der Waals surface area contributed by atoms with Crippen molar-refractivity contribution >= 4 is 5.82 Å². The molecule has 1 fully saturated rings. The van der Waals surface area contributed by atoms with Crippen LogP contribution >= 0.6 is 0 Å². The molecule has 1 aliphatic heterocycles. The molecule has 176 valence electrons. The summed E-state index contributed by atoms with van der Waals surface area (Å²) in [6.45, 7) is 10.9. The Hall–Kier alpha value is -2.69. The second-order valence-electron chi connectivity index (χ2n) is 8.91. The summed E-state index contributed by atoms with van der Waals surface area (Å²) in [5.74, 6) is 0.499. The Kier molecular flexibility index (Phi) is 7.06. The number of piperazine rings is 1. The maximum atomic E-state index is 13.4. The SMILES string of the molecule is Cc1cc(=O)[nH]c(OCCCN2CCN(c3cc(C(F)(F)F)nc(C(C)(C)C)n3)CC2)n1. The zero-order valence-electron chi connectivity index (χ0n) is 18.8. The van der Waals surface area contributed by atoms with Crippen molar-refractivity contribution in [2.75, 3.05) is 44.2 Å². The third kappa shape index (κ3) is 6.41. The highest BCUT2D eigenvalue weighted by molar-refractivity contribution is 5.42. The average Bonchev–Trinajstić information content (AvgIpc) is 2.69. The van der Waals surface area contributed by atoms with Gasteiger partial charge in [0, 0.05) is 56.0 Å². The quantitative estimate of drug-likeness (QED) is 0.672. The van der Waals surface area contributed by atoms with Crippen LogP contribution in [-0.2, 0) is 11.6 Å². The molecule has 0 bridgehead atoms. The topological polar surface area (TPSA) is 87.2 Å². The van der Waals surface area contributed by atoms with Crippen molar-refractivity contribution in [2.45, 2.75) is 45.7 Å². The number of ether oxygens (including phenoxy) is 1. The van der Waals surface area contributed by atoms with Crippen LogP contribution in [0.15, 0.2) is 16.9 Å². The Labute approximate surface area is 184 Å². The maximum absolute atomic E-state index is 13.4. The van der Waals surface area contributed by atoms with Crippen molar-refractivity contribution in [2.24, 2.45) is 0 Å². The van der Waals surface area contributed by atoms with Crippen molar-refractivity contribution < 1.29 is 17.9 Å². The Morgan fingerprint density at radius 1 is 1.06 bits per heavy atom. The van der Waals surface area contributed by atoms with E-state index in [1.165, 1.54) is 6.07 Å². The molecular formula is C21H29F3N6O2. The molecule has 1 saturated heterocycles. The fraction of sp³-hybridized carbons (Fsp3) is 0.619. The average molecular weight is 454 g/mol. The van der Waals surface area contributed by atoms with Gasteiger partial charge in [0.1, 0.15) is 17.3 Å². The van der Waals surface area contributed by atoms with Crippen LogP contribution < -0.4 is 15.2 Å². The minimum absolute atomic E-state index is 0.185. The minimum atomic E-state index is -4.52. The number of alkyl halides is 3. The fourth-order valence-electron chi connectivity index (χ4n) is 3.35.